The molecular formula is C12H14F3N5S. The van der Waals surface area contributed by atoms with Crippen LogP contribution in [0.5, 0.6) is 0 Å². The number of nitrogens with one attached hydrogen (secondary N) is 2. The highest BCUT2D eigenvalue weighted by atomic mass is 32.1. The van der Waals surface area contributed by atoms with E-state index in [0.29, 0.717) is 6.42 Å². The van der Waals surface area contributed by atoms with Gasteiger partial charge in [-0.3, -0.25) is 5.43 Å². The van der Waals surface area contributed by atoms with Gasteiger partial charge in [-0.25, -0.2) is 10.8 Å². The summed E-state index contributed by atoms with van der Waals surface area (Å²) >= 11 is 1.53. The van der Waals surface area contributed by atoms with E-state index in [0.717, 1.165) is 10.9 Å². The number of nitrogen functional groups attached to an aromatic ring is 1. The fourth-order valence-electron chi connectivity index (χ4n) is 1.77. The number of nitrogens with two attached hydrogens (primary N) is 1. The molecule has 9 heteroatoms. The predicted octanol–water partition coefficient (Wildman–Crippen LogP) is 3.41. The van der Waals surface area contributed by atoms with Crippen LogP contribution in [0.15, 0.2) is 23.6 Å². The molecule has 0 saturated carbocycles. The highest BCUT2D eigenvalue weighted by Gasteiger charge is 2.34. The number of hydrogen-bond donors (Lipinski definition) is 3. The lowest BCUT2D eigenvalue weighted by atomic mass is 10.2. The quantitative estimate of drug-likeness (QED) is 0.582. The third-order valence-electron chi connectivity index (χ3n) is 2.76. The molecule has 0 amide bonds. The number of nitrogens with zero attached hydrogens (tertiary/aromatic N) is 2. The van der Waals surface area contributed by atoms with Crippen LogP contribution in [0.3, 0.4) is 0 Å². The summed E-state index contributed by atoms with van der Waals surface area (Å²) in [5, 5.41) is 4.89. The van der Waals surface area contributed by atoms with E-state index in [1.54, 1.807) is 0 Å². The highest BCUT2D eigenvalue weighted by Crippen LogP contribution is 2.31. The maximum absolute atomic E-state index is 12.8. The van der Waals surface area contributed by atoms with Crippen molar-refractivity contribution in [2.24, 2.45) is 5.84 Å². The molecule has 0 aliphatic rings. The zero-order chi connectivity index (χ0) is 15.5. The Morgan fingerprint density at radius 2 is 2.14 bits per heavy atom. The molecule has 0 spiro atoms. The van der Waals surface area contributed by atoms with Gasteiger partial charge in [-0.2, -0.15) is 18.2 Å². The summed E-state index contributed by atoms with van der Waals surface area (Å²) in [5.74, 6) is 4.91. The summed E-state index contributed by atoms with van der Waals surface area (Å²) in [5.41, 5.74) is 0.999. The van der Waals surface area contributed by atoms with E-state index in [1.807, 2.05) is 29.9 Å². The molecule has 0 radical (unpaired) electrons. The van der Waals surface area contributed by atoms with Crippen LogP contribution in [0.2, 0.25) is 0 Å². The third-order valence-corrected chi connectivity index (χ3v) is 3.75. The lowest BCUT2D eigenvalue weighted by Crippen LogP contribution is -2.18. The first-order chi connectivity index (χ1) is 9.94. The van der Waals surface area contributed by atoms with E-state index in [1.165, 1.54) is 11.3 Å². The first-order valence-electron chi connectivity index (χ1n) is 6.17. The Labute approximate surface area is 123 Å². The molecule has 1 atom stereocenters. The maximum Gasteiger partial charge on any atom is 0.433 e. The van der Waals surface area contributed by atoms with E-state index in [-0.39, 0.29) is 17.8 Å². The zero-order valence-corrected chi connectivity index (χ0v) is 11.9. The molecule has 2 rings (SSSR count). The monoisotopic (exact) mass is 317 g/mol. The standard InChI is InChI=1S/C12H14F3N5S/c1-2-7(8-4-3-5-21-8)17-10-6-9(12(13,14)15)18-11(19-10)20-16/h3-7H,2,16H2,1H3,(H2,17,18,19,20). The Kier molecular flexibility index (Phi) is 4.63. The van der Waals surface area contributed by atoms with Gasteiger partial charge in [0, 0.05) is 10.9 Å². The summed E-state index contributed by atoms with van der Waals surface area (Å²) in [6.07, 6.45) is -3.85. The third kappa shape index (κ3) is 3.82. The van der Waals surface area contributed by atoms with Crippen molar-refractivity contribution in [1.82, 2.24) is 9.97 Å². The van der Waals surface area contributed by atoms with Crippen molar-refractivity contribution in [2.45, 2.75) is 25.6 Å². The minimum Gasteiger partial charge on any atom is -0.362 e. The molecule has 0 aromatic carbocycles. The maximum atomic E-state index is 12.8. The van der Waals surface area contributed by atoms with E-state index < -0.39 is 11.9 Å². The van der Waals surface area contributed by atoms with Gasteiger partial charge in [0.2, 0.25) is 5.95 Å². The highest BCUT2D eigenvalue weighted by molar-refractivity contribution is 7.10. The molecule has 2 aromatic rings. The molecule has 21 heavy (non-hydrogen) atoms. The number of thiophene rings is 1. The summed E-state index contributed by atoms with van der Waals surface area (Å²) in [6, 6.07) is 4.56. The molecule has 5 nitrogen and oxygen atoms in total. The molecule has 0 fully saturated rings. The van der Waals surface area contributed by atoms with Crippen LogP contribution in [-0.4, -0.2) is 9.97 Å². The number of aromatic nitrogens is 2. The molecular weight excluding hydrogens is 303 g/mol. The van der Waals surface area contributed by atoms with Gasteiger partial charge < -0.3 is 5.32 Å². The molecule has 0 bridgehead atoms. The molecule has 2 aromatic heterocycles. The van der Waals surface area contributed by atoms with E-state index >= 15 is 0 Å². The van der Waals surface area contributed by atoms with Crippen molar-refractivity contribution >= 4 is 23.1 Å². The summed E-state index contributed by atoms with van der Waals surface area (Å²) in [4.78, 5) is 8.24. The van der Waals surface area contributed by atoms with E-state index in [4.69, 9.17) is 5.84 Å². The Morgan fingerprint density at radius 3 is 2.67 bits per heavy atom. The Balaban J connectivity index is 2.30. The molecule has 2 heterocycles. The largest absolute Gasteiger partial charge is 0.433 e. The van der Waals surface area contributed by atoms with E-state index in [9.17, 15) is 13.2 Å². The summed E-state index contributed by atoms with van der Waals surface area (Å²) < 4.78 is 38.4. The first-order valence-corrected chi connectivity index (χ1v) is 7.04. The second kappa shape index (κ2) is 6.27. The first kappa shape index (κ1) is 15.5. The minimum absolute atomic E-state index is 0.0746. The predicted molar refractivity (Wildman–Crippen MR) is 75.8 cm³/mol. The fraction of sp³-hybridized carbons (Fsp3) is 0.333. The van der Waals surface area contributed by atoms with Crippen LogP contribution < -0.4 is 16.6 Å². The molecule has 114 valence electrons. The van der Waals surface area contributed by atoms with Crippen LogP contribution in [0, 0.1) is 0 Å². The second-order valence-electron chi connectivity index (χ2n) is 4.22. The summed E-state index contributed by atoms with van der Waals surface area (Å²) in [7, 11) is 0. The Morgan fingerprint density at radius 1 is 1.38 bits per heavy atom. The van der Waals surface area contributed by atoms with Gasteiger partial charge in [0.05, 0.1) is 6.04 Å². The Bertz CT molecular complexity index is 585. The van der Waals surface area contributed by atoms with Crippen LogP contribution in [0.25, 0.3) is 0 Å². The van der Waals surface area contributed by atoms with Crippen LogP contribution >= 0.6 is 11.3 Å². The van der Waals surface area contributed by atoms with Gasteiger partial charge in [0.25, 0.3) is 0 Å². The molecule has 0 aliphatic heterocycles. The molecule has 1 unspecified atom stereocenters. The van der Waals surface area contributed by atoms with Crippen molar-refractivity contribution in [2.75, 3.05) is 10.7 Å². The zero-order valence-electron chi connectivity index (χ0n) is 11.1. The van der Waals surface area contributed by atoms with Crippen molar-refractivity contribution in [3.8, 4) is 0 Å². The molecule has 0 saturated heterocycles. The average Bonchev–Trinajstić information content (AvgIpc) is 2.97. The van der Waals surface area contributed by atoms with Gasteiger partial charge in [0.1, 0.15) is 5.82 Å². The van der Waals surface area contributed by atoms with E-state index in [2.05, 4.69) is 15.3 Å². The van der Waals surface area contributed by atoms with Crippen LogP contribution in [-0.2, 0) is 6.18 Å². The average molecular weight is 317 g/mol. The number of alkyl halides is 3. The lowest BCUT2D eigenvalue weighted by molar-refractivity contribution is -0.141. The Hall–Kier alpha value is -1.87. The number of hydrazine groups is 1. The minimum atomic E-state index is -4.56. The van der Waals surface area contributed by atoms with Crippen molar-refractivity contribution in [1.29, 1.82) is 0 Å². The second-order valence-corrected chi connectivity index (χ2v) is 5.20. The number of hydrogen-bond acceptors (Lipinski definition) is 6. The molecule has 0 aliphatic carbocycles. The molecule has 4 N–H and O–H groups in total. The SMILES string of the molecule is CCC(Nc1cc(C(F)(F)F)nc(NN)n1)c1cccs1. The van der Waals surface area contributed by atoms with Gasteiger partial charge >= 0.3 is 6.18 Å². The number of rotatable bonds is 5. The number of halogens is 3. The smallest absolute Gasteiger partial charge is 0.362 e. The van der Waals surface area contributed by atoms with Gasteiger partial charge in [0.15, 0.2) is 5.69 Å². The van der Waals surface area contributed by atoms with Crippen molar-refractivity contribution in [3.05, 3.63) is 34.2 Å². The van der Waals surface area contributed by atoms with Gasteiger partial charge in [-0.1, -0.05) is 13.0 Å². The van der Waals surface area contributed by atoms with Crippen LogP contribution in [0.4, 0.5) is 24.9 Å². The van der Waals surface area contributed by atoms with Crippen molar-refractivity contribution in [3.63, 3.8) is 0 Å². The topological polar surface area (TPSA) is 75.9 Å². The van der Waals surface area contributed by atoms with Gasteiger partial charge in [-0.15, -0.1) is 11.3 Å². The van der Waals surface area contributed by atoms with Gasteiger partial charge in [-0.05, 0) is 17.9 Å². The fourth-order valence-corrected chi connectivity index (χ4v) is 2.63. The summed E-state index contributed by atoms with van der Waals surface area (Å²) in [6.45, 7) is 1.94. The normalized spacial score (nSPS) is 13.0. The lowest BCUT2D eigenvalue weighted by Gasteiger charge is -2.17. The van der Waals surface area contributed by atoms with Crippen molar-refractivity contribution < 1.29 is 13.2 Å². The van der Waals surface area contributed by atoms with Crippen LogP contribution in [0.1, 0.15) is 30.0 Å². The number of anilines is 2.